The van der Waals surface area contributed by atoms with Crippen LogP contribution < -0.4 is 16.4 Å². The van der Waals surface area contributed by atoms with Crippen molar-refractivity contribution in [3.63, 3.8) is 0 Å². The summed E-state index contributed by atoms with van der Waals surface area (Å²) in [4.78, 5) is 38.4. The second kappa shape index (κ2) is 17.7. The van der Waals surface area contributed by atoms with Gasteiger partial charge in [-0.25, -0.2) is 4.79 Å². The minimum atomic E-state index is -1.25. The number of alkyl carbamates (subject to hydrolysis) is 1. The summed E-state index contributed by atoms with van der Waals surface area (Å²) in [5.41, 5.74) is 9.86. The molecule has 1 unspecified atom stereocenters. The summed E-state index contributed by atoms with van der Waals surface area (Å²) in [6.45, 7) is 3.49. The van der Waals surface area contributed by atoms with Crippen LogP contribution in [0.4, 0.5) is 4.79 Å². The third-order valence-corrected chi connectivity index (χ3v) is 8.50. The Labute approximate surface area is 277 Å². The highest BCUT2D eigenvalue weighted by Gasteiger charge is 2.32. The van der Waals surface area contributed by atoms with E-state index in [0.717, 1.165) is 34.2 Å². The number of nitrogens with one attached hydrogen (secondary N) is 2. The summed E-state index contributed by atoms with van der Waals surface area (Å²) in [6.07, 6.45) is 2.88. The Bertz CT molecular complexity index is 1500. The molecule has 0 aliphatic carbocycles. The zero-order valence-corrected chi connectivity index (χ0v) is 28.1. The average Bonchev–Trinajstić information content (AvgIpc) is 3.04. The topological polar surface area (TPSA) is 134 Å². The number of hydrogen-bond donors (Lipinski definition) is 4. The molecule has 0 fully saturated rings. The van der Waals surface area contributed by atoms with Crippen LogP contribution in [0.1, 0.15) is 71.6 Å². The molecule has 1 atom stereocenters. The maximum atomic E-state index is 13.4. The van der Waals surface area contributed by atoms with Gasteiger partial charge in [0.15, 0.2) is 0 Å². The zero-order chi connectivity index (χ0) is 33.7. The number of carbonyl (C=O) groups is 3. The molecule has 248 valence electrons. The summed E-state index contributed by atoms with van der Waals surface area (Å²) in [6, 6.07) is 19.2. The van der Waals surface area contributed by atoms with E-state index >= 15 is 0 Å². The first-order chi connectivity index (χ1) is 22.0. The molecule has 3 aromatic rings. The Morgan fingerprint density at radius 3 is 2.43 bits per heavy atom. The molecule has 46 heavy (non-hydrogen) atoms. The molecule has 3 amide bonds. The van der Waals surface area contributed by atoms with Gasteiger partial charge in [-0.1, -0.05) is 67.1 Å². The summed E-state index contributed by atoms with van der Waals surface area (Å²) < 4.78 is 4.69. The Morgan fingerprint density at radius 2 is 1.74 bits per heavy atom. The monoisotopic (exact) mass is 650 g/mol. The molecule has 5 N–H and O–H groups in total. The fraction of sp³-hybridized carbons (Fsp3) is 0.417. The second-order valence-electron chi connectivity index (χ2n) is 11.6. The van der Waals surface area contributed by atoms with Gasteiger partial charge in [0, 0.05) is 42.8 Å². The molecular formula is C36H47ClN4O5. The normalized spacial score (nSPS) is 12.3. The molecule has 0 aliphatic heterocycles. The Morgan fingerprint density at radius 1 is 1.00 bits per heavy atom. The van der Waals surface area contributed by atoms with E-state index in [9.17, 15) is 19.5 Å². The van der Waals surface area contributed by atoms with Crippen molar-refractivity contribution in [1.29, 1.82) is 0 Å². The standard InChI is InChI=1S/C36H47ClN4O5/c1-5-25-11-8-12-27(21-25)33-30(13-9-14-31(33)37)36(45,18-10-19-40-35(44)46-4)17-6-7-20-41(3)34(43)29-16-15-26(24-39-2)22-28(29)23-32(38)42/h8-9,11-16,21-22,39,45H,5-7,10,17-20,23-24H2,1-4H3,(H2,38,42)(H,40,44). The van der Waals surface area contributed by atoms with Gasteiger partial charge in [-0.2, -0.15) is 0 Å². The highest BCUT2D eigenvalue weighted by atomic mass is 35.5. The quantitative estimate of drug-likeness (QED) is 0.141. The van der Waals surface area contributed by atoms with Crippen molar-refractivity contribution in [1.82, 2.24) is 15.5 Å². The van der Waals surface area contributed by atoms with Gasteiger partial charge in [0.05, 0.1) is 19.1 Å². The molecule has 0 radical (unpaired) electrons. The van der Waals surface area contributed by atoms with E-state index in [-0.39, 0.29) is 12.3 Å². The van der Waals surface area contributed by atoms with Crippen molar-refractivity contribution in [2.24, 2.45) is 5.73 Å². The maximum absolute atomic E-state index is 13.4. The summed E-state index contributed by atoms with van der Waals surface area (Å²) in [5, 5.41) is 18.6. The molecule has 0 spiro atoms. The van der Waals surface area contributed by atoms with Crippen LogP contribution in [0, 0.1) is 0 Å². The van der Waals surface area contributed by atoms with Crippen molar-refractivity contribution in [2.45, 2.75) is 64.0 Å². The van der Waals surface area contributed by atoms with Crippen molar-refractivity contribution in [3.8, 4) is 11.1 Å². The summed E-state index contributed by atoms with van der Waals surface area (Å²) >= 11 is 6.79. The Hall–Kier alpha value is -3.92. The van der Waals surface area contributed by atoms with Crippen LogP contribution in [0.3, 0.4) is 0 Å². The first-order valence-electron chi connectivity index (χ1n) is 15.8. The molecule has 0 aromatic heterocycles. The van der Waals surface area contributed by atoms with Crippen LogP contribution in [0.2, 0.25) is 5.02 Å². The maximum Gasteiger partial charge on any atom is 0.406 e. The smallest absolute Gasteiger partial charge is 0.406 e. The largest absolute Gasteiger partial charge is 0.453 e. The molecule has 10 heteroatoms. The van der Waals surface area contributed by atoms with E-state index in [2.05, 4.69) is 34.4 Å². The lowest BCUT2D eigenvalue weighted by molar-refractivity contribution is -0.117. The molecule has 0 bridgehead atoms. The van der Waals surface area contributed by atoms with Gasteiger partial charge in [0.25, 0.3) is 5.91 Å². The van der Waals surface area contributed by atoms with E-state index in [0.29, 0.717) is 67.9 Å². The minimum absolute atomic E-state index is 0.0204. The summed E-state index contributed by atoms with van der Waals surface area (Å²) in [7, 11) is 4.88. The van der Waals surface area contributed by atoms with Crippen LogP contribution in [-0.4, -0.2) is 62.2 Å². The van der Waals surface area contributed by atoms with Crippen LogP contribution in [-0.2, 0) is 34.5 Å². The minimum Gasteiger partial charge on any atom is -0.453 e. The molecular weight excluding hydrogens is 604 g/mol. The van der Waals surface area contributed by atoms with Crippen molar-refractivity contribution in [2.75, 3.05) is 34.3 Å². The first kappa shape index (κ1) is 36.5. The molecule has 9 nitrogen and oxygen atoms in total. The van der Waals surface area contributed by atoms with Gasteiger partial charge in [-0.05, 0) is 85.5 Å². The lowest BCUT2D eigenvalue weighted by Gasteiger charge is -2.32. The number of nitrogens with zero attached hydrogens (tertiary/aromatic N) is 1. The van der Waals surface area contributed by atoms with E-state index in [1.807, 2.05) is 49.5 Å². The fourth-order valence-corrected chi connectivity index (χ4v) is 6.05. The predicted molar refractivity (Wildman–Crippen MR) is 183 cm³/mol. The number of halogens is 1. The van der Waals surface area contributed by atoms with E-state index in [1.165, 1.54) is 7.11 Å². The van der Waals surface area contributed by atoms with Crippen LogP contribution >= 0.6 is 11.6 Å². The molecule has 0 saturated heterocycles. The number of ether oxygens (including phenoxy) is 1. The highest BCUT2D eigenvalue weighted by Crippen LogP contribution is 2.42. The SMILES string of the molecule is CCc1cccc(-c2c(Cl)cccc2C(O)(CCCCN(C)C(=O)c2ccc(CNC)cc2CC(N)=O)CCCNC(=O)OC)c1. The van der Waals surface area contributed by atoms with Gasteiger partial charge in [0.1, 0.15) is 0 Å². The molecule has 0 heterocycles. The highest BCUT2D eigenvalue weighted by molar-refractivity contribution is 6.33. The van der Waals surface area contributed by atoms with Crippen LogP contribution in [0.25, 0.3) is 11.1 Å². The van der Waals surface area contributed by atoms with Gasteiger partial charge >= 0.3 is 6.09 Å². The number of rotatable bonds is 17. The van der Waals surface area contributed by atoms with Gasteiger partial charge in [-0.15, -0.1) is 0 Å². The second-order valence-corrected chi connectivity index (χ2v) is 12.0. The molecule has 0 aliphatic rings. The number of aryl methyl sites for hydroxylation is 1. The molecule has 3 aromatic carbocycles. The Kier molecular flexibility index (Phi) is 14.1. The summed E-state index contributed by atoms with van der Waals surface area (Å²) in [5.74, 6) is -0.689. The first-order valence-corrected chi connectivity index (χ1v) is 16.1. The molecule has 0 saturated carbocycles. The number of benzene rings is 3. The lowest BCUT2D eigenvalue weighted by Crippen LogP contribution is -2.31. The number of carbonyl (C=O) groups excluding carboxylic acids is 3. The van der Waals surface area contributed by atoms with Crippen molar-refractivity contribution >= 4 is 29.5 Å². The van der Waals surface area contributed by atoms with E-state index in [1.54, 1.807) is 18.0 Å². The van der Waals surface area contributed by atoms with E-state index < -0.39 is 17.6 Å². The molecule has 3 rings (SSSR count). The predicted octanol–water partition coefficient (Wildman–Crippen LogP) is 5.58. The van der Waals surface area contributed by atoms with Crippen LogP contribution in [0.15, 0.2) is 60.7 Å². The average molecular weight is 651 g/mol. The van der Waals surface area contributed by atoms with Gasteiger partial charge in [0.2, 0.25) is 5.91 Å². The van der Waals surface area contributed by atoms with Crippen molar-refractivity contribution < 1.29 is 24.2 Å². The lowest BCUT2D eigenvalue weighted by atomic mass is 9.80. The Balaban J connectivity index is 1.80. The van der Waals surface area contributed by atoms with E-state index in [4.69, 9.17) is 17.3 Å². The number of unbranched alkanes of at least 4 members (excludes halogenated alkanes) is 1. The number of amides is 3. The van der Waals surface area contributed by atoms with Gasteiger partial charge < -0.3 is 31.1 Å². The third kappa shape index (κ3) is 10.0. The fourth-order valence-electron chi connectivity index (χ4n) is 5.77. The van der Waals surface area contributed by atoms with Crippen molar-refractivity contribution in [3.05, 3.63) is 93.5 Å². The van der Waals surface area contributed by atoms with Gasteiger partial charge in [-0.3, -0.25) is 9.59 Å². The van der Waals surface area contributed by atoms with Crippen LogP contribution in [0.5, 0.6) is 0 Å². The number of primary amides is 1. The number of aliphatic hydroxyl groups is 1. The number of nitrogens with two attached hydrogens (primary N) is 1. The zero-order valence-electron chi connectivity index (χ0n) is 27.3. The third-order valence-electron chi connectivity index (χ3n) is 8.19. The number of hydrogen-bond acceptors (Lipinski definition) is 6. The number of methoxy groups -OCH3 is 1.